The van der Waals surface area contributed by atoms with Crippen molar-refractivity contribution in [1.29, 1.82) is 0 Å². The van der Waals surface area contributed by atoms with Crippen molar-refractivity contribution in [2.24, 2.45) is 0 Å². The van der Waals surface area contributed by atoms with E-state index in [4.69, 9.17) is 0 Å². The summed E-state index contributed by atoms with van der Waals surface area (Å²) < 4.78 is 3.46. The minimum atomic E-state index is 0.959. The van der Waals surface area contributed by atoms with Gasteiger partial charge in [0.15, 0.2) is 0 Å². The van der Waals surface area contributed by atoms with Crippen LogP contribution in [-0.4, -0.2) is 11.1 Å². The van der Waals surface area contributed by atoms with E-state index in [-0.39, 0.29) is 0 Å². The molecule has 4 heteroatoms. The van der Waals surface area contributed by atoms with Gasteiger partial charge in [-0.25, -0.2) is 0 Å². The molecule has 1 N–H and O–H groups in total. The van der Waals surface area contributed by atoms with Crippen LogP contribution in [0.2, 0.25) is 0 Å². The molecule has 2 nitrogen and oxygen atoms in total. The molecule has 0 saturated heterocycles. The van der Waals surface area contributed by atoms with Crippen LogP contribution in [0.15, 0.2) is 52.4 Å². The number of benzene rings is 1. The zero-order valence-electron chi connectivity index (χ0n) is 10.5. The van der Waals surface area contributed by atoms with Gasteiger partial charge in [-0.3, -0.25) is 0 Å². The molecule has 2 heterocycles. The summed E-state index contributed by atoms with van der Waals surface area (Å²) in [5.74, 6) is 0. The standard InChI is InChI=1S/C15H15BrN2S/c16-14-4-1-5-15-13(14)6-8-18(15)9-7-17-11-12-3-2-10-19-12/h1-6,8,10,17H,7,9,11H2. The van der Waals surface area contributed by atoms with Crippen LogP contribution in [0, 0.1) is 0 Å². The Balaban J connectivity index is 1.61. The van der Waals surface area contributed by atoms with Crippen molar-refractivity contribution in [2.45, 2.75) is 13.1 Å². The van der Waals surface area contributed by atoms with E-state index >= 15 is 0 Å². The Morgan fingerprint density at radius 3 is 2.95 bits per heavy atom. The SMILES string of the molecule is Brc1cccc2c1ccn2CCNCc1cccs1. The van der Waals surface area contributed by atoms with Crippen LogP contribution in [0.25, 0.3) is 10.9 Å². The van der Waals surface area contributed by atoms with Crippen molar-refractivity contribution in [1.82, 2.24) is 9.88 Å². The molecule has 98 valence electrons. The first-order valence-corrected chi connectivity index (χ1v) is 7.98. The Labute approximate surface area is 125 Å². The molecule has 19 heavy (non-hydrogen) atoms. The second kappa shape index (κ2) is 5.90. The fourth-order valence-corrected chi connectivity index (χ4v) is 3.37. The summed E-state index contributed by atoms with van der Waals surface area (Å²) in [5, 5.41) is 6.88. The first-order valence-electron chi connectivity index (χ1n) is 6.31. The molecular formula is C15H15BrN2S. The number of thiophene rings is 1. The summed E-state index contributed by atoms with van der Waals surface area (Å²) >= 11 is 5.39. The number of rotatable bonds is 5. The van der Waals surface area contributed by atoms with Crippen LogP contribution >= 0.6 is 27.3 Å². The van der Waals surface area contributed by atoms with E-state index in [1.165, 1.54) is 15.8 Å². The molecule has 0 aliphatic carbocycles. The number of nitrogens with one attached hydrogen (secondary N) is 1. The van der Waals surface area contributed by atoms with Crippen molar-refractivity contribution in [2.75, 3.05) is 6.54 Å². The van der Waals surface area contributed by atoms with Crippen LogP contribution in [-0.2, 0) is 13.1 Å². The summed E-state index contributed by atoms with van der Waals surface area (Å²) in [7, 11) is 0. The first-order chi connectivity index (χ1) is 9.34. The van der Waals surface area contributed by atoms with E-state index in [0.717, 1.165) is 24.1 Å². The molecule has 2 aromatic heterocycles. The smallest absolute Gasteiger partial charge is 0.0492 e. The highest BCUT2D eigenvalue weighted by molar-refractivity contribution is 9.10. The molecule has 0 amide bonds. The van der Waals surface area contributed by atoms with Gasteiger partial charge in [-0.2, -0.15) is 0 Å². The maximum absolute atomic E-state index is 3.59. The molecule has 0 radical (unpaired) electrons. The fourth-order valence-electron chi connectivity index (χ4n) is 2.21. The third-order valence-electron chi connectivity index (χ3n) is 3.17. The van der Waals surface area contributed by atoms with Crippen molar-refractivity contribution in [3.8, 4) is 0 Å². The second-order valence-corrected chi connectivity index (χ2v) is 6.32. The molecule has 0 bridgehead atoms. The Morgan fingerprint density at radius 2 is 2.11 bits per heavy atom. The maximum atomic E-state index is 3.59. The van der Waals surface area contributed by atoms with Crippen molar-refractivity contribution >= 4 is 38.2 Å². The maximum Gasteiger partial charge on any atom is 0.0492 e. The number of hydrogen-bond donors (Lipinski definition) is 1. The van der Waals surface area contributed by atoms with Crippen LogP contribution in [0.3, 0.4) is 0 Å². The fraction of sp³-hybridized carbons (Fsp3) is 0.200. The minimum Gasteiger partial charge on any atom is -0.346 e. The Bertz CT molecular complexity index is 658. The van der Waals surface area contributed by atoms with Gasteiger partial charge in [0, 0.05) is 46.1 Å². The van der Waals surface area contributed by atoms with Crippen LogP contribution in [0.5, 0.6) is 0 Å². The Morgan fingerprint density at radius 1 is 1.16 bits per heavy atom. The normalized spacial score (nSPS) is 11.2. The largest absolute Gasteiger partial charge is 0.346 e. The van der Waals surface area contributed by atoms with Gasteiger partial charge in [-0.15, -0.1) is 11.3 Å². The lowest BCUT2D eigenvalue weighted by atomic mass is 10.2. The summed E-state index contributed by atoms with van der Waals surface area (Å²) in [4.78, 5) is 1.39. The Kier molecular flexibility index (Phi) is 4.01. The summed E-state index contributed by atoms with van der Waals surface area (Å²) in [6, 6.07) is 12.8. The quantitative estimate of drug-likeness (QED) is 0.690. The van der Waals surface area contributed by atoms with Gasteiger partial charge >= 0.3 is 0 Å². The lowest BCUT2D eigenvalue weighted by Gasteiger charge is -2.07. The van der Waals surface area contributed by atoms with E-state index in [1.54, 1.807) is 11.3 Å². The van der Waals surface area contributed by atoms with E-state index in [2.05, 4.69) is 73.8 Å². The van der Waals surface area contributed by atoms with E-state index in [1.807, 2.05) is 0 Å². The van der Waals surface area contributed by atoms with Crippen LogP contribution in [0.1, 0.15) is 4.88 Å². The molecule has 1 aromatic carbocycles. The van der Waals surface area contributed by atoms with Gasteiger partial charge in [-0.05, 0) is 29.6 Å². The van der Waals surface area contributed by atoms with Gasteiger partial charge < -0.3 is 9.88 Å². The van der Waals surface area contributed by atoms with E-state index in [9.17, 15) is 0 Å². The lowest BCUT2D eigenvalue weighted by molar-refractivity contribution is 0.613. The van der Waals surface area contributed by atoms with Crippen molar-refractivity contribution < 1.29 is 0 Å². The average Bonchev–Trinajstić information content (AvgIpc) is 3.05. The minimum absolute atomic E-state index is 0.959. The van der Waals surface area contributed by atoms with Gasteiger partial charge in [0.1, 0.15) is 0 Å². The molecule has 0 atom stereocenters. The van der Waals surface area contributed by atoms with Gasteiger partial charge in [0.05, 0.1) is 0 Å². The first kappa shape index (κ1) is 12.9. The molecule has 0 unspecified atom stereocenters. The van der Waals surface area contributed by atoms with Crippen molar-refractivity contribution in [3.63, 3.8) is 0 Å². The van der Waals surface area contributed by atoms with Crippen molar-refractivity contribution in [3.05, 3.63) is 57.3 Å². The molecule has 0 aliphatic heterocycles. The van der Waals surface area contributed by atoms with Gasteiger partial charge in [0.2, 0.25) is 0 Å². The Hall–Kier alpha value is -1.10. The number of nitrogens with zero attached hydrogens (tertiary/aromatic N) is 1. The van der Waals surface area contributed by atoms with Crippen LogP contribution < -0.4 is 5.32 Å². The number of aromatic nitrogens is 1. The van der Waals surface area contributed by atoms with E-state index < -0.39 is 0 Å². The lowest BCUT2D eigenvalue weighted by Crippen LogP contribution is -2.18. The van der Waals surface area contributed by atoms with Gasteiger partial charge in [0.25, 0.3) is 0 Å². The zero-order chi connectivity index (χ0) is 13.1. The molecule has 0 spiro atoms. The molecule has 3 rings (SSSR count). The number of halogens is 1. The highest BCUT2D eigenvalue weighted by atomic mass is 79.9. The van der Waals surface area contributed by atoms with E-state index in [0.29, 0.717) is 0 Å². The zero-order valence-corrected chi connectivity index (χ0v) is 12.9. The topological polar surface area (TPSA) is 17.0 Å². The molecule has 0 saturated carbocycles. The predicted molar refractivity (Wildman–Crippen MR) is 85.7 cm³/mol. The molecule has 0 fully saturated rings. The highest BCUT2D eigenvalue weighted by Crippen LogP contribution is 2.24. The third-order valence-corrected chi connectivity index (χ3v) is 4.74. The molecular weight excluding hydrogens is 320 g/mol. The highest BCUT2D eigenvalue weighted by Gasteiger charge is 2.03. The third kappa shape index (κ3) is 2.91. The van der Waals surface area contributed by atoms with Crippen LogP contribution in [0.4, 0.5) is 0 Å². The number of hydrogen-bond acceptors (Lipinski definition) is 2. The summed E-state index contributed by atoms with van der Waals surface area (Å²) in [6.45, 7) is 2.93. The summed E-state index contributed by atoms with van der Waals surface area (Å²) in [6.07, 6.45) is 2.16. The second-order valence-electron chi connectivity index (χ2n) is 4.44. The monoisotopic (exact) mass is 334 g/mol. The molecule has 0 aliphatic rings. The summed E-state index contributed by atoms with van der Waals surface area (Å²) in [5.41, 5.74) is 1.28. The molecule has 3 aromatic rings. The van der Waals surface area contributed by atoms with Gasteiger partial charge in [-0.1, -0.05) is 28.1 Å². The predicted octanol–water partition coefficient (Wildman–Crippen LogP) is 4.26. The number of fused-ring (bicyclic) bond motifs is 1. The average molecular weight is 335 g/mol.